The van der Waals surface area contributed by atoms with Crippen molar-refractivity contribution in [2.45, 2.75) is 13.5 Å². The number of hydrogen-bond donors (Lipinski definition) is 1. The molecule has 1 heterocycles. The Morgan fingerprint density at radius 1 is 0.962 bits per heavy atom. The number of hydrogen-bond acceptors (Lipinski definition) is 4. The van der Waals surface area contributed by atoms with Crippen LogP contribution in [0.15, 0.2) is 42.5 Å². The summed E-state index contributed by atoms with van der Waals surface area (Å²) >= 11 is 0. The quantitative estimate of drug-likeness (QED) is 0.822. The van der Waals surface area contributed by atoms with Gasteiger partial charge in [-0.2, -0.15) is 0 Å². The van der Waals surface area contributed by atoms with Crippen LogP contribution in [0.3, 0.4) is 0 Å². The van der Waals surface area contributed by atoms with Gasteiger partial charge in [-0.05, 0) is 31.2 Å². The molecule has 1 fully saturated rings. The first-order chi connectivity index (χ1) is 12.7. The molecule has 0 aromatic heterocycles. The Morgan fingerprint density at radius 2 is 1.62 bits per heavy atom. The molecule has 26 heavy (non-hydrogen) atoms. The zero-order chi connectivity index (χ0) is 18.4. The van der Waals surface area contributed by atoms with Gasteiger partial charge in [-0.1, -0.05) is 12.1 Å². The molecule has 0 atom stereocenters. The highest BCUT2D eigenvalue weighted by atomic mass is 16.5. The van der Waals surface area contributed by atoms with Gasteiger partial charge < -0.3 is 24.0 Å². The van der Waals surface area contributed by atoms with Crippen molar-refractivity contribution in [2.24, 2.45) is 0 Å². The zero-order valence-electron chi connectivity index (χ0n) is 16.0. The Labute approximate surface area is 156 Å². The summed E-state index contributed by atoms with van der Waals surface area (Å²) < 4.78 is 16.6. The molecule has 1 saturated heterocycles. The SMILES string of the molecule is CCOc1ccccc1N1CC[NH+](Cc2cc(OC)cc(OC)c2)CC1. The smallest absolute Gasteiger partial charge is 0.142 e. The van der Waals surface area contributed by atoms with Crippen LogP contribution in [0.2, 0.25) is 0 Å². The first-order valence-corrected chi connectivity index (χ1v) is 9.25. The number of quaternary nitrogens is 1. The number of benzene rings is 2. The minimum atomic E-state index is 0.694. The van der Waals surface area contributed by atoms with Gasteiger partial charge in [0.1, 0.15) is 23.8 Å². The molecule has 0 spiro atoms. The number of nitrogens with zero attached hydrogens (tertiary/aromatic N) is 1. The zero-order valence-corrected chi connectivity index (χ0v) is 16.0. The first kappa shape index (κ1) is 18.4. The van der Waals surface area contributed by atoms with Crippen molar-refractivity contribution in [3.63, 3.8) is 0 Å². The number of ether oxygens (including phenoxy) is 3. The first-order valence-electron chi connectivity index (χ1n) is 9.25. The predicted octanol–water partition coefficient (Wildman–Crippen LogP) is 2.01. The van der Waals surface area contributed by atoms with Gasteiger partial charge in [0.25, 0.3) is 0 Å². The van der Waals surface area contributed by atoms with Crippen molar-refractivity contribution in [2.75, 3.05) is 51.9 Å². The third-order valence-electron chi connectivity index (χ3n) is 4.84. The molecule has 0 radical (unpaired) electrons. The molecule has 0 bridgehead atoms. The molecular formula is C21H29N2O3+. The van der Waals surface area contributed by atoms with Crippen LogP contribution in [0.4, 0.5) is 5.69 Å². The summed E-state index contributed by atoms with van der Waals surface area (Å²) in [4.78, 5) is 4.01. The van der Waals surface area contributed by atoms with E-state index in [1.807, 2.05) is 19.1 Å². The second-order valence-electron chi connectivity index (χ2n) is 6.54. The number of para-hydroxylation sites is 2. The van der Waals surface area contributed by atoms with Crippen LogP contribution in [0.1, 0.15) is 12.5 Å². The number of piperazine rings is 1. The normalized spacial score (nSPS) is 15.0. The van der Waals surface area contributed by atoms with Gasteiger partial charge in [0.2, 0.25) is 0 Å². The molecule has 5 heteroatoms. The molecule has 3 rings (SSSR count). The molecule has 0 saturated carbocycles. The Morgan fingerprint density at radius 3 is 2.23 bits per heavy atom. The average Bonchev–Trinajstić information content (AvgIpc) is 2.69. The lowest BCUT2D eigenvalue weighted by molar-refractivity contribution is -0.914. The van der Waals surface area contributed by atoms with Crippen LogP contribution in [0, 0.1) is 0 Å². The molecule has 140 valence electrons. The largest absolute Gasteiger partial charge is 0.497 e. The summed E-state index contributed by atoms with van der Waals surface area (Å²) in [5.74, 6) is 2.68. The second-order valence-corrected chi connectivity index (χ2v) is 6.54. The molecule has 1 aliphatic heterocycles. The van der Waals surface area contributed by atoms with E-state index in [0.717, 1.165) is 50.0 Å². The van der Waals surface area contributed by atoms with E-state index in [4.69, 9.17) is 14.2 Å². The summed E-state index contributed by atoms with van der Waals surface area (Å²) in [6.45, 7) is 7.96. The van der Waals surface area contributed by atoms with Crippen LogP contribution in [-0.2, 0) is 6.54 Å². The van der Waals surface area contributed by atoms with Crippen LogP contribution in [-0.4, -0.2) is 47.0 Å². The third-order valence-corrected chi connectivity index (χ3v) is 4.84. The third kappa shape index (κ3) is 4.41. The van der Waals surface area contributed by atoms with Crippen LogP contribution in [0.25, 0.3) is 0 Å². The maximum Gasteiger partial charge on any atom is 0.142 e. The lowest BCUT2D eigenvalue weighted by Crippen LogP contribution is -3.13. The Hall–Kier alpha value is -2.40. The molecule has 5 nitrogen and oxygen atoms in total. The molecule has 1 aliphatic rings. The number of anilines is 1. The second kappa shape index (κ2) is 8.81. The highest BCUT2D eigenvalue weighted by Gasteiger charge is 2.22. The van der Waals surface area contributed by atoms with Crippen LogP contribution in [0.5, 0.6) is 17.2 Å². The standard InChI is InChI=1S/C21H28N2O3/c1-4-26-21-8-6-5-7-20(21)23-11-9-22(10-12-23)16-17-13-18(24-2)15-19(14-17)25-3/h5-8,13-15H,4,9-12,16H2,1-3H3/p+1. The van der Waals surface area contributed by atoms with E-state index in [-0.39, 0.29) is 0 Å². The van der Waals surface area contributed by atoms with E-state index < -0.39 is 0 Å². The summed E-state index contributed by atoms with van der Waals surface area (Å²) in [6.07, 6.45) is 0. The van der Waals surface area contributed by atoms with Crippen molar-refractivity contribution < 1.29 is 19.1 Å². The van der Waals surface area contributed by atoms with E-state index >= 15 is 0 Å². The van der Waals surface area contributed by atoms with Gasteiger partial charge in [0, 0.05) is 11.6 Å². The molecule has 0 aliphatic carbocycles. The van der Waals surface area contributed by atoms with Crippen molar-refractivity contribution >= 4 is 5.69 Å². The van der Waals surface area contributed by atoms with Gasteiger partial charge in [-0.25, -0.2) is 0 Å². The monoisotopic (exact) mass is 357 g/mol. The van der Waals surface area contributed by atoms with Gasteiger partial charge in [-0.15, -0.1) is 0 Å². The maximum atomic E-state index is 5.79. The molecule has 0 amide bonds. The highest BCUT2D eigenvalue weighted by molar-refractivity contribution is 5.58. The molecule has 2 aromatic rings. The fourth-order valence-electron chi connectivity index (χ4n) is 3.49. The van der Waals surface area contributed by atoms with Gasteiger partial charge >= 0.3 is 0 Å². The number of nitrogens with one attached hydrogen (secondary N) is 1. The average molecular weight is 357 g/mol. The lowest BCUT2D eigenvalue weighted by Gasteiger charge is -2.34. The Bertz CT molecular complexity index is 690. The van der Waals surface area contributed by atoms with E-state index in [1.165, 1.54) is 11.3 Å². The molecule has 1 N–H and O–H groups in total. The number of rotatable bonds is 7. The van der Waals surface area contributed by atoms with E-state index in [9.17, 15) is 0 Å². The Kier molecular flexibility index (Phi) is 6.23. The van der Waals surface area contributed by atoms with E-state index in [1.54, 1.807) is 19.1 Å². The lowest BCUT2D eigenvalue weighted by atomic mass is 10.1. The fraction of sp³-hybridized carbons (Fsp3) is 0.429. The van der Waals surface area contributed by atoms with Gasteiger partial charge in [-0.3, -0.25) is 0 Å². The highest BCUT2D eigenvalue weighted by Crippen LogP contribution is 2.28. The van der Waals surface area contributed by atoms with E-state index in [0.29, 0.717) is 6.61 Å². The van der Waals surface area contributed by atoms with Crippen molar-refractivity contribution in [3.05, 3.63) is 48.0 Å². The number of methoxy groups -OCH3 is 2. The fourth-order valence-corrected chi connectivity index (χ4v) is 3.49. The predicted molar refractivity (Wildman–Crippen MR) is 104 cm³/mol. The van der Waals surface area contributed by atoms with Crippen LogP contribution < -0.4 is 24.0 Å². The minimum Gasteiger partial charge on any atom is -0.497 e. The molecular weight excluding hydrogens is 328 g/mol. The van der Waals surface area contributed by atoms with Gasteiger partial charge in [0.05, 0.1) is 52.7 Å². The van der Waals surface area contributed by atoms with Crippen LogP contribution >= 0.6 is 0 Å². The van der Waals surface area contributed by atoms with Crippen molar-refractivity contribution in [1.29, 1.82) is 0 Å². The topological polar surface area (TPSA) is 35.4 Å². The maximum absolute atomic E-state index is 5.79. The summed E-state index contributed by atoms with van der Waals surface area (Å²) in [5.41, 5.74) is 2.45. The van der Waals surface area contributed by atoms with Gasteiger partial charge in [0.15, 0.2) is 0 Å². The van der Waals surface area contributed by atoms with Crippen molar-refractivity contribution in [1.82, 2.24) is 0 Å². The molecule has 2 aromatic carbocycles. The Balaban J connectivity index is 1.63. The summed E-state index contributed by atoms with van der Waals surface area (Å²) in [5, 5.41) is 0. The van der Waals surface area contributed by atoms with Crippen molar-refractivity contribution in [3.8, 4) is 17.2 Å². The minimum absolute atomic E-state index is 0.694. The molecule has 0 unspecified atom stereocenters. The summed E-state index contributed by atoms with van der Waals surface area (Å²) in [7, 11) is 3.39. The van der Waals surface area contributed by atoms with E-state index in [2.05, 4.69) is 35.2 Å². The summed E-state index contributed by atoms with van der Waals surface area (Å²) in [6, 6.07) is 14.5.